The van der Waals surface area contributed by atoms with E-state index in [9.17, 15) is 4.79 Å². The van der Waals surface area contributed by atoms with Crippen molar-refractivity contribution in [2.45, 2.75) is 19.1 Å². The molecule has 29 heavy (non-hydrogen) atoms. The molecule has 150 valence electrons. The van der Waals surface area contributed by atoms with Crippen LogP contribution in [0.3, 0.4) is 0 Å². The van der Waals surface area contributed by atoms with E-state index in [4.69, 9.17) is 26.2 Å². The monoisotopic (exact) mass is 411 g/mol. The van der Waals surface area contributed by atoms with Crippen LogP contribution in [0.2, 0.25) is 5.02 Å². The summed E-state index contributed by atoms with van der Waals surface area (Å²) in [4.78, 5) is 12.2. The smallest absolute Gasteiger partial charge is 0.258 e. The van der Waals surface area contributed by atoms with Gasteiger partial charge in [-0.3, -0.25) is 9.48 Å². The molecule has 0 aliphatic carbocycles. The van der Waals surface area contributed by atoms with Crippen molar-refractivity contribution in [3.05, 3.63) is 82.6 Å². The maximum atomic E-state index is 12.2. The van der Waals surface area contributed by atoms with Crippen LogP contribution >= 0.6 is 11.6 Å². The number of ether oxygens (including phenoxy) is 2. The van der Waals surface area contributed by atoms with Gasteiger partial charge in [0.05, 0.1) is 18.8 Å². The third-order valence-electron chi connectivity index (χ3n) is 4.70. The van der Waals surface area contributed by atoms with Crippen LogP contribution in [0.15, 0.2) is 60.8 Å². The second-order valence-corrected chi connectivity index (χ2v) is 7.32. The summed E-state index contributed by atoms with van der Waals surface area (Å²) >= 11 is 5.92. The molecular weight excluding hydrogens is 390 g/mol. The summed E-state index contributed by atoms with van der Waals surface area (Å²) in [6.07, 6.45) is 2.64. The zero-order chi connectivity index (χ0) is 20.1. The minimum absolute atomic E-state index is 0.0810. The lowest BCUT2D eigenvalue weighted by Gasteiger charge is -2.22. The van der Waals surface area contributed by atoms with Gasteiger partial charge in [-0.15, -0.1) is 0 Å². The Bertz CT molecular complexity index is 974. The second-order valence-electron chi connectivity index (χ2n) is 6.88. The molecule has 0 unspecified atom stereocenters. The van der Waals surface area contributed by atoms with Crippen molar-refractivity contribution in [2.75, 3.05) is 19.8 Å². The first-order valence-electron chi connectivity index (χ1n) is 9.54. The Kier molecular flexibility index (Phi) is 6.12. The number of rotatable bonds is 7. The lowest BCUT2D eigenvalue weighted by atomic mass is 10.1. The molecule has 0 bridgehead atoms. The molecule has 1 aromatic heterocycles. The Morgan fingerprint density at radius 3 is 2.93 bits per heavy atom. The van der Waals surface area contributed by atoms with Gasteiger partial charge in [0, 0.05) is 17.8 Å². The fraction of sp³-hybridized carbons (Fsp3) is 0.273. The van der Waals surface area contributed by atoms with Crippen molar-refractivity contribution in [3.8, 4) is 5.75 Å². The Morgan fingerprint density at radius 1 is 1.24 bits per heavy atom. The Hall–Kier alpha value is -2.83. The quantitative estimate of drug-likeness (QED) is 0.647. The zero-order valence-electron chi connectivity index (χ0n) is 15.9. The fourth-order valence-electron chi connectivity index (χ4n) is 3.30. The first-order chi connectivity index (χ1) is 14.2. The fourth-order valence-corrected chi connectivity index (χ4v) is 3.48. The number of carbonyl (C=O) groups excluding carboxylic acids is 1. The maximum absolute atomic E-state index is 12.2. The molecule has 0 radical (unpaired) electrons. The van der Waals surface area contributed by atoms with E-state index in [0.717, 1.165) is 12.1 Å². The predicted molar refractivity (Wildman–Crippen MR) is 110 cm³/mol. The van der Waals surface area contributed by atoms with Gasteiger partial charge in [0.25, 0.3) is 5.91 Å². The summed E-state index contributed by atoms with van der Waals surface area (Å²) in [5.41, 5.74) is 3.25. The highest BCUT2D eigenvalue weighted by atomic mass is 35.5. The maximum Gasteiger partial charge on any atom is 0.258 e. The first kappa shape index (κ1) is 19.5. The van der Waals surface area contributed by atoms with Gasteiger partial charge in [-0.1, -0.05) is 48.0 Å². The lowest BCUT2D eigenvalue weighted by molar-refractivity contribution is -0.123. The largest absolute Gasteiger partial charge is 0.484 e. The van der Waals surface area contributed by atoms with Crippen LogP contribution < -0.4 is 10.1 Å². The van der Waals surface area contributed by atoms with Gasteiger partial charge in [-0.25, -0.2) is 0 Å². The number of carbonyl (C=O) groups is 1. The minimum Gasteiger partial charge on any atom is -0.484 e. The molecule has 0 fully saturated rings. The summed E-state index contributed by atoms with van der Waals surface area (Å²) in [5.74, 6) is 0.341. The molecule has 6 nitrogen and oxygen atoms in total. The average Bonchev–Trinajstić information content (AvgIpc) is 3.14. The standard InChI is InChI=1S/C22H22ClN3O3/c23-18-7-4-8-19(11-18)29-15-21(27)24-12-20-22-17(9-10-28-20)14-26(25-22)13-16-5-2-1-3-6-16/h1-8,11,14,20H,9-10,12-13,15H2,(H,24,27)/t20-/m0/s1. The van der Waals surface area contributed by atoms with Gasteiger partial charge < -0.3 is 14.8 Å². The summed E-state index contributed by atoms with van der Waals surface area (Å²) in [6.45, 7) is 1.60. The van der Waals surface area contributed by atoms with Crippen molar-refractivity contribution in [1.29, 1.82) is 0 Å². The topological polar surface area (TPSA) is 65.4 Å². The van der Waals surface area contributed by atoms with E-state index < -0.39 is 0 Å². The van der Waals surface area contributed by atoms with Gasteiger partial charge in [0.2, 0.25) is 0 Å². The third kappa shape index (κ3) is 5.16. The van der Waals surface area contributed by atoms with Crippen molar-refractivity contribution in [1.82, 2.24) is 15.1 Å². The van der Waals surface area contributed by atoms with E-state index in [0.29, 0.717) is 30.5 Å². The SMILES string of the molecule is O=C(COc1cccc(Cl)c1)NC[C@@H]1OCCc2cn(Cc3ccccc3)nc21. The normalized spacial score (nSPS) is 15.6. The molecule has 4 rings (SSSR count). The molecule has 2 aromatic carbocycles. The average molecular weight is 412 g/mol. The van der Waals surface area contributed by atoms with Crippen LogP contribution in [0.25, 0.3) is 0 Å². The highest BCUT2D eigenvalue weighted by Gasteiger charge is 2.25. The van der Waals surface area contributed by atoms with Crippen LogP contribution in [0, 0.1) is 0 Å². The number of amides is 1. The second kappa shape index (κ2) is 9.11. The van der Waals surface area contributed by atoms with Gasteiger partial charge in [0.15, 0.2) is 6.61 Å². The molecule has 2 heterocycles. The number of hydrogen-bond donors (Lipinski definition) is 1. The summed E-state index contributed by atoms with van der Waals surface area (Å²) in [6, 6.07) is 17.2. The molecule has 7 heteroatoms. The summed E-state index contributed by atoms with van der Waals surface area (Å²) < 4.78 is 13.3. The first-order valence-corrected chi connectivity index (χ1v) is 9.92. The number of benzene rings is 2. The van der Waals surface area contributed by atoms with E-state index in [1.165, 1.54) is 11.1 Å². The van der Waals surface area contributed by atoms with Crippen LogP contribution in [-0.4, -0.2) is 35.4 Å². The molecule has 0 saturated carbocycles. The predicted octanol–water partition coefficient (Wildman–Crippen LogP) is 3.39. The van der Waals surface area contributed by atoms with E-state index in [1.807, 2.05) is 22.9 Å². The number of fused-ring (bicyclic) bond motifs is 1. The van der Waals surface area contributed by atoms with E-state index >= 15 is 0 Å². The highest BCUT2D eigenvalue weighted by molar-refractivity contribution is 6.30. The van der Waals surface area contributed by atoms with Crippen molar-refractivity contribution in [2.24, 2.45) is 0 Å². The molecule has 0 spiro atoms. The van der Waals surface area contributed by atoms with Gasteiger partial charge in [-0.2, -0.15) is 5.10 Å². The molecule has 1 aliphatic heterocycles. The van der Waals surface area contributed by atoms with Crippen molar-refractivity contribution in [3.63, 3.8) is 0 Å². The molecule has 1 N–H and O–H groups in total. The Balaban J connectivity index is 1.32. The zero-order valence-corrected chi connectivity index (χ0v) is 16.6. The van der Waals surface area contributed by atoms with Crippen LogP contribution in [0.1, 0.15) is 22.9 Å². The number of halogens is 1. The molecule has 1 aliphatic rings. The molecule has 1 atom stereocenters. The van der Waals surface area contributed by atoms with Gasteiger partial charge in [-0.05, 0) is 35.7 Å². The minimum atomic E-state index is -0.258. The summed E-state index contributed by atoms with van der Waals surface area (Å²) in [7, 11) is 0. The Labute approximate surface area is 174 Å². The van der Waals surface area contributed by atoms with E-state index in [-0.39, 0.29) is 18.6 Å². The lowest BCUT2D eigenvalue weighted by Crippen LogP contribution is -2.34. The highest BCUT2D eigenvalue weighted by Crippen LogP contribution is 2.25. The molecule has 1 amide bonds. The number of nitrogens with zero attached hydrogens (tertiary/aromatic N) is 2. The van der Waals surface area contributed by atoms with E-state index in [1.54, 1.807) is 24.3 Å². The van der Waals surface area contributed by atoms with Crippen molar-refractivity contribution >= 4 is 17.5 Å². The van der Waals surface area contributed by atoms with E-state index in [2.05, 4.69) is 23.6 Å². The molecule has 3 aromatic rings. The summed E-state index contributed by atoms with van der Waals surface area (Å²) in [5, 5.41) is 8.14. The molecular formula is C22H22ClN3O3. The molecule has 0 saturated heterocycles. The Morgan fingerprint density at radius 2 is 2.10 bits per heavy atom. The third-order valence-corrected chi connectivity index (χ3v) is 4.94. The number of aromatic nitrogens is 2. The van der Waals surface area contributed by atoms with Gasteiger partial charge in [0.1, 0.15) is 11.9 Å². The van der Waals surface area contributed by atoms with Crippen molar-refractivity contribution < 1.29 is 14.3 Å². The number of nitrogens with one attached hydrogen (secondary N) is 1. The van der Waals surface area contributed by atoms with Gasteiger partial charge >= 0.3 is 0 Å². The van der Waals surface area contributed by atoms with Crippen LogP contribution in [0.4, 0.5) is 0 Å². The van der Waals surface area contributed by atoms with Crippen LogP contribution in [-0.2, 0) is 22.5 Å². The number of hydrogen-bond acceptors (Lipinski definition) is 4. The van der Waals surface area contributed by atoms with Crippen LogP contribution in [0.5, 0.6) is 5.75 Å².